The van der Waals surface area contributed by atoms with Gasteiger partial charge in [0.25, 0.3) is 0 Å². The van der Waals surface area contributed by atoms with E-state index in [1.165, 1.54) is 0 Å². The maximum atomic E-state index is 10.4. The third-order valence-corrected chi connectivity index (χ3v) is 2.91. The number of hydrogen-bond acceptors (Lipinski definition) is 3. The van der Waals surface area contributed by atoms with Gasteiger partial charge in [0.05, 0.1) is 12.8 Å². The molecule has 0 heterocycles. The Morgan fingerprint density at radius 1 is 0.947 bits per heavy atom. The number of aliphatic hydroxyl groups is 1. The third-order valence-electron chi connectivity index (χ3n) is 2.91. The van der Waals surface area contributed by atoms with Crippen LogP contribution in [0.1, 0.15) is 11.1 Å². The van der Waals surface area contributed by atoms with E-state index in [2.05, 4.69) is 5.32 Å². The summed E-state index contributed by atoms with van der Waals surface area (Å²) in [6.07, 6.45) is 0. The molecular formula is C16H17NO2. The van der Waals surface area contributed by atoms with Crippen LogP contribution in [-0.2, 0) is 0 Å². The molecule has 0 saturated heterocycles. The van der Waals surface area contributed by atoms with Gasteiger partial charge in [0.1, 0.15) is 11.5 Å². The van der Waals surface area contributed by atoms with Crippen molar-refractivity contribution in [2.75, 3.05) is 14.2 Å². The van der Waals surface area contributed by atoms with Crippen LogP contribution in [0.15, 0.2) is 54.6 Å². The topological polar surface area (TPSA) is 41.5 Å². The maximum Gasteiger partial charge on any atom is 0.146 e. The smallest absolute Gasteiger partial charge is 0.146 e. The first-order valence-corrected chi connectivity index (χ1v) is 6.07. The molecule has 2 aromatic carbocycles. The van der Waals surface area contributed by atoms with Crippen LogP contribution < -0.4 is 10.1 Å². The van der Waals surface area contributed by atoms with E-state index >= 15 is 0 Å². The van der Waals surface area contributed by atoms with Crippen LogP contribution in [0.5, 0.6) is 5.75 Å². The summed E-state index contributed by atoms with van der Waals surface area (Å²) in [5.41, 5.74) is 2.39. The Balaban J connectivity index is 2.42. The van der Waals surface area contributed by atoms with E-state index in [1.54, 1.807) is 14.2 Å². The van der Waals surface area contributed by atoms with Gasteiger partial charge in [-0.25, -0.2) is 0 Å². The summed E-state index contributed by atoms with van der Waals surface area (Å²) in [6.45, 7) is 0. The van der Waals surface area contributed by atoms with Gasteiger partial charge in [0.2, 0.25) is 0 Å². The van der Waals surface area contributed by atoms with Crippen LogP contribution in [-0.4, -0.2) is 19.3 Å². The Hall–Kier alpha value is -2.42. The average Bonchev–Trinajstić information content (AvgIpc) is 2.49. The summed E-state index contributed by atoms with van der Waals surface area (Å²) >= 11 is 0. The van der Waals surface area contributed by atoms with Crippen LogP contribution in [0.4, 0.5) is 0 Å². The molecule has 0 atom stereocenters. The Bertz CT molecular complexity index is 559. The highest BCUT2D eigenvalue weighted by Gasteiger charge is 2.08. The minimum Gasteiger partial charge on any atom is -0.505 e. The minimum atomic E-state index is 0.219. The van der Waals surface area contributed by atoms with E-state index in [0.29, 0.717) is 5.70 Å². The number of ether oxygens (including phenoxy) is 1. The van der Waals surface area contributed by atoms with Gasteiger partial charge in [0, 0.05) is 18.2 Å². The van der Waals surface area contributed by atoms with Crippen molar-refractivity contribution >= 4 is 11.5 Å². The SMILES string of the molecule is CN/C(=C(\O)c1ccc(OC)cc1)c1ccccc1. The van der Waals surface area contributed by atoms with Crippen molar-refractivity contribution in [2.24, 2.45) is 0 Å². The second-order valence-corrected chi connectivity index (χ2v) is 4.07. The van der Waals surface area contributed by atoms with E-state index in [0.717, 1.165) is 16.9 Å². The molecule has 2 N–H and O–H groups in total. The Kier molecular flexibility index (Phi) is 4.08. The fourth-order valence-electron chi connectivity index (χ4n) is 1.90. The van der Waals surface area contributed by atoms with Gasteiger partial charge >= 0.3 is 0 Å². The van der Waals surface area contributed by atoms with Crippen LogP contribution in [0.3, 0.4) is 0 Å². The van der Waals surface area contributed by atoms with Crippen LogP contribution in [0, 0.1) is 0 Å². The summed E-state index contributed by atoms with van der Waals surface area (Å²) < 4.78 is 5.11. The number of rotatable bonds is 4. The molecule has 0 aliphatic heterocycles. The van der Waals surface area contributed by atoms with E-state index in [9.17, 15) is 5.11 Å². The molecule has 0 aromatic heterocycles. The summed E-state index contributed by atoms with van der Waals surface area (Å²) in [5.74, 6) is 0.985. The molecule has 0 aliphatic rings. The molecule has 0 radical (unpaired) electrons. The second kappa shape index (κ2) is 5.96. The first-order valence-electron chi connectivity index (χ1n) is 6.07. The molecule has 0 saturated carbocycles. The second-order valence-electron chi connectivity index (χ2n) is 4.07. The number of nitrogens with one attached hydrogen (secondary N) is 1. The fraction of sp³-hybridized carbons (Fsp3) is 0.125. The van der Waals surface area contributed by atoms with Crippen molar-refractivity contribution in [1.82, 2.24) is 5.32 Å². The van der Waals surface area contributed by atoms with Gasteiger partial charge in [-0.3, -0.25) is 0 Å². The highest BCUT2D eigenvalue weighted by Crippen LogP contribution is 2.23. The molecule has 0 bridgehead atoms. The van der Waals surface area contributed by atoms with Gasteiger partial charge in [-0.05, 0) is 24.3 Å². The number of aliphatic hydroxyl groups excluding tert-OH is 1. The molecule has 0 spiro atoms. The van der Waals surface area contributed by atoms with Gasteiger partial charge in [-0.1, -0.05) is 30.3 Å². The van der Waals surface area contributed by atoms with Gasteiger partial charge in [0.15, 0.2) is 0 Å². The first kappa shape index (κ1) is 13.0. The van der Waals surface area contributed by atoms with E-state index in [4.69, 9.17) is 4.74 Å². The lowest BCUT2D eigenvalue weighted by molar-refractivity contribution is 0.414. The maximum absolute atomic E-state index is 10.4. The normalized spacial score (nSPS) is 11.7. The molecule has 0 unspecified atom stereocenters. The van der Waals surface area contributed by atoms with Gasteiger partial charge in [-0.15, -0.1) is 0 Å². The van der Waals surface area contributed by atoms with E-state index in [1.807, 2.05) is 54.6 Å². The van der Waals surface area contributed by atoms with Crippen molar-refractivity contribution in [2.45, 2.75) is 0 Å². The van der Waals surface area contributed by atoms with Gasteiger partial charge < -0.3 is 15.2 Å². The highest BCUT2D eigenvalue weighted by atomic mass is 16.5. The number of benzene rings is 2. The minimum absolute atomic E-state index is 0.219. The largest absolute Gasteiger partial charge is 0.505 e. The molecule has 2 aromatic rings. The molecule has 0 aliphatic carbocycles. The monoisotopic (exact) mass is 255 g/mol. The third kappa shape index (κ3) is 2.88. The zero-order chi connectivity index (χ0) is 13.7. The van der Waals surface area contributed by atoms with Crippen LogP contribution in [0.2, 0.25) is 0 Å². The zero-order valence-corrected chi connectivity index (χ0v) is 11.1. The number of hydrogen-bond donors (Lipinski definition) is 2. The first-order chi connectivity index (χ1) is 9.26. The molecule has 3 nitrogen and oxygen atoms in total. The van der Waals surface area contributed by atoms with Crippen molar-refractivity contribution in [1.29, 1.82) is 0 Å². The van der Waals surface area contributed by atoms with Crippen LogP contribution >= 0.6 is 0 Å². The Morgan fingerprint density at radius 2 is 1.58 bits per heavy atom. The molecule has 0 fully saturated rings. The quantitative estimate of drug-likeness (QED) is 0.650. The molecule has 0 amide bonds. The number of methoxy groups -OCH3 is 1. The summed E-state index contributed by atoms with van der Waals surface area (Å²) in [6, 6.07) is 17.0. The molecule has 19 heavy (non-hydrogen) atoms. The molecule has 2 rings (SSSR count). The van der Waals surface area contributed by atoms with Crippen molar-refractivity contribution in [3.8, 4) is 5.75 Å². The zero-order valence-electron chi connectivity index (χ0n) is 11.1. The van der Waals surface area contributed by atoms with Crippen LogP contribution in [0.25, 0.3) is 11.5 Å². The molecule has 3 heteroatoms. The van der Waals surface area contributed by atoms with Gasteiger partial charge in [-0.2, -0.15) is 0 Å². The van der Waals surface area contributed by atoms with Crippen molar-refractivity contribution in [3.05, 3.63) is 65.7 Å². The van der Waals surface area contributed by atoms with E-state index in [-0.39, 0.29) is 5.76 Å². The summed E-state index contributed by atoms with van der Waals surface area (Å²) in [5, 5.41) is 13.4. The Labute approximate surface area is 113 Å². The summed E-state index contributed by atoms with van der Waals surface area (Å²) in [4.78, 5) is 0. The predicted molar refractivity (Wildman–Crippen MR) is 77.9 cm³/mol. The molecule has 98 valence electrons. The van der Waals surface area contributed by atoms with Crippen molar-refractivity contribution < 1.29 is 9.84 Å². The lowest BCUT2D eigenvalue weighted by Gasteiger charge is -2.11. The lowest BCUT2D eigenvalue weighted by Crippen LogP contribution is -2.07. The lowest BCUT2D eigenvalue weighted by atomic mass is 10.1. The van der Waals surface area contributed by atoms with E-state index < -0.39 is 0 Å². The Morgan fingerprint density at radius 3 is 2.11 bits per heavy atom. The average molecular weight is 255 g/mol. The highest BCUT2D eigenvalue weighted by molar-refractivity contribution is 5.85. The molecular weight excluding hydrogens is 238 g/mol. The predicted octanol–water partition coefficient (Wildman–Crippen LogP) is 3.30. The van der Waals surface area contributed by atoms with Crippen molar-refractivity contribution in [3.63, 3.8) is 0 Å². The summed E-state index contributed by atoms with van der Waals surface area (Å²) in [7, 11) is 3.41. The fourth-order valence-corrected chi connectivity index (χ4v) is 1.90. The standard InChI is InChI=1S/C16H17NO2/c1-17-15(12-6-4-3-5-7-12)16(18)13-8-10-14(19-2)11-9-13/h3-11,17-18H,1-2H3/b16-15-.